The van der Waals surface area contributed by atoms with Crippen LogP contribution in [0.2, 0.25) is 0 Å². The lowest BCUT2D eigenvalue weighted by atomic mass is 10.0. The SMILES string of the molecule is CCOC(=O)C1=C(SC)N=C2C(c3nc4ccccc4s3)=Cc3cc(Br)ccc3N2N=C1N. The predicted molar refractivity (Wildman–Crippen MR) is 140 cm³/mol. The molecule has 2 N–H and O–H groups in total. The molecule has 3 aromatic rings. The van der Waals surface area contributed by atoms with E-state index in [0.717, 1.165) is 36.5 Å². The van der Waals surface area contributed by atoms with Crippen molar-refractivity contribution < 1.29 is 9.53 Å². The van der Waals surface area contributed by atoms with E-state index in [2.05, 4.69) is 21.0 Å². The van der Waals surface area contributed by atoms with E-state index in [1.54, 1.807) is 23.3 Å². The minimum Gasteiger partial charge on any atom is -0.462 e. The summed E-state index contributed by atoms with van der Waals surface area (Å²) in [7, 11) is 0. The van der Waals surface area contributed by atoms with Gasteiger partial charge in [-0.25, -0.2) is 19.8 Å². The van der Waals surface area contributed by atoms with E-state index in [4.69, 9.17) is 20.4 Å². The predicted octanol–water partition coefficient (Wildman–Crippen LogP) is 5.24. The normalized spacial score (nSPS) is 15.4. The van der Waals surface area contributed by atoms with Gasteiger partial charge < -0.3 is 10.5 Å². The number of amidine groups is 2. The quantitative estimate of drug-likeness (QED) is 0.455. The zero-order valence-corrected chi connectivity index (χ0v) is 20.9. The highest BCUT2D eigenvalue weighted by Gasteiger charge is 2.33. The Morgan fingerprint density at radius 2 is 2.09 bits per heavy atom. The Kier molecular flexibility index (Phi) is 5.81. The number of hydrogen-bond acceptors (Lipinski definition) is 9. The van der Waals surface area contributed by atoms with Crippen molar-refractivity contribution in [3.8, 4) is 0 Å². The maximum Gasteiger partial charge on any atom is 0.344 e. The van der Waals surface area contributed by atoms with Crippen LogP contribution >= 0.6 is 39.0 Å². The van der Waals surface area contributed by atoms with Crippen LogP contribution in [-0.4, -0.2) is 35.5 Å². The van der Waals surface area contributed by atoms with Crippen molar-refractivity contribution in [3.05, 3.63) is 68.1 Å². The van der Waals surface area contributed by atoms with E-state index < -0.39 is 5.97 Å². The van der Waals surface area contributed by atoms with Gasteiger partial charge in [-0.3, -0.25) is 0 Å². The fourth-order valence-electron chi connectivity index (χ4n) is 3.60. The number of nitrogens with two attached hydrogens (primary N) is 1. The highest BCUT2D eigenvalue weighted by atomic mass is 79.9. The number of fused-ring (bicyclic) bond motifs is 4. The number of aromatic nitrogens is 1. The van der Waals surface area contributed by atoms with Crippen molar-refractivity contribution in [1.29, 1.82) is 0 Å². The van der Waals surface area contributed by atoms with E-state index in [1.165, 1.54) is 11.8 Å². The fourth-order valence-corrected chi connectivity index (χ4v) is 5.52. The number of thiazole rings is 1. The maximum absolute atomic E-state index is 12.7. The highest BCUT2D eigenvalue weighted by molar-refractivity contribution is 9.10. The van der Waals surface area contributed by atoms with Crippen LogP contribution in [0.1, 0.15) is 17.5 Å². The molecule has 2 aromatic carbocycles. The molecule has 166 valence electrons. The molecule has 2 aliphatic rings. The van der Waals surface area contributed by atoms with E-state index in [0.29, 0.717) is 10.9 Å². The minimum atomic E-state index is -0.547. The lowest BCUT2D eigenvalue weighted by Crippen LogP contribution is -2.32. The Bertz CT molecular complexity index is 1390. The first-order valence-electron chi connectivity index (χ1n) is 10.1. The molecular weight excluding hydrogens is 522 g/mol. The molecular formula is C23H18BrN5O2S2. The molecule has 33 heavy (non-hydrogen) atoms. The van der Waals surface area contributed by atoms with Crippen LogP contribution in [-0.2, 0) is 9.53 Å². The first kappa shape index (κ1) is 21.9. The minimum absolute atomic E-state index is 0.0518. The molecule has 0 amide bonds. The fraction of sp³-hybridized carbons (Fsp3) is 0.130. The highest BCUT2D eigenvalue weighted by Crippen LogP contribution is 2.40. The van der Waals surface area contributed by atoms with Gasteiger partial charge in [-0.1, -0.05) is 28.1 Å². The molecule has 0 radical (unpaired) electrons. The summed E-state index contributed by atoms with van der Waals surface area (Å²) in [4.78, 5) is 22.4. The second-order valence-electron chi connectivity index (χ2n) is 7.09. The Hall–Kier alpha value is -2.95. The first-order valence-corrected chi connectivity index (χ1v) is 12.9. The Morgan fingerprint density at radius 1 is 1.27 bits per heavy atom. The van der Waals surface area contributed by atoms with Crippen LogP contribution in [0.5, 0.6) is 0 Å². The molecule has 0 unspecified atom stereocenters. The molecule has 0 aliphatic carbocycles. The van der Waals surface area contributed by atoms with Crippen molar-refractivity contribution in [3.63, 3.8) is 0 Å². The molecule has 5 rings (SSSR count). The van der Waals surface area contributed by atoms with Gasteiger partial charge in [-0.05, 0) is 49.6 Å². The summed E-state index contributed by atoms with van der Waals surface area (Å²) in [5.41, 5.74) is 9.94. The number of benzene rings is 2. The zero-order valence-electron chi connectivity index (χ0n) is 17.7. The van der Waals surface area contributed by atoms with Crippen molar-refractivity contribution >= 4 is 84.2 Å². The number of thioether (sulfide) groups is 1. The zero-order chi connectivity index (χ0) is 23.1. The third kappa shape index (κ3) is 3.88. The van der Waals surface area contributed by atoms with E-state index >= 15 is 0 Å². The number of halogens is 1. The van der Waals surface area contributed by atoms with Gasteiger partial charge in [0.15, 0.2) is 11.7 Å². The van der Waals surface area contributed by atoms with Crippen molar-refractivity contribution in [1.82, 2.24) is 4.98 Å². The molecule has 0 bridgehead atoms. The third-order valence-corrected chi connectivity index (χ3v) is 7.29. The lowest BCUT2D eigenvalue weighted by Gasteiger charge is -2.27. The molecule has 3 heterocycles. The average molecular weight is 540 g/mol. The molecule has 0 saturated carbocycles. The van der Waals surface area contributed by atoms with Crippen LogP contribution in [0.4, 0.5) is 5.69 Å². The van der Waals surface area contributed by atoms with Gasteiger partial charge in [0, 0.05) is 10.0 Å². The lowest BCUT2D eigenvalue weighted by molar-refractivity contribution is -0.137. The van der Waals surface area contributed by atoms with Gasteiger partial charge in [0.25, 0.3) is 0 Å². The van der Waals surface area contributed by atoms with Crippen molar-refractivity contribution in [2.75, 3.05) is 17.9 Å². The number of carbonyl (C=O) groups is 1. The van der Waals surface area contributed by atoms with Gasteiger partial charge in [-0.15, -0.1) is 28.2 Å². The number of esters is 1. The Labute approximate surface area is 206 Å². The second-order valence-corrected chi connectivity index (χ2v) is 9.83. The molecule has 0 atom stereocenters. The number of nitrogens with zero attached hydrogens (tertiary/aromatic N) is 4. The number of carbonyl (C=O) groups excluding carboxylic acids is 1. The van der Waals surface area contributed by atoms with E-state index in [9.17, 15) is 4.79 Å². The molecule has 2 aliphatic heterocycles. The van der Waals surface area contributed by atoms with Crippen LogP contribution in [0, 0.1) is 0 Å². The summed E-state index contributed by atoms with van der Waals surface area (Å²) in [6.45, 7) is 1.98. The largest absolute Gasteiger partial charge is 0.462 e. The Morgan fingerprint density at radius 3 is 2.85 bits per heavy atom. The topological polar surface area (TPSA) is 93.2 Å². The number of hydrazone groups is 1. The summed E-state index contributed by atoms with van der Waals surface area (Å²) >= 11 is 6.45. The molecule has 1 aromatic heterocycles. The van der Waals surface area contributed by atoms with Crippen LogP contribution in [0.3, 0.4) is 0 Å². The maximum atomic E-state index is 12.7. The van der Waals surface area contributed by atoms with Crippen LogP contribution < -0.4 is 10.7 Å². The monoisotopic (exact) mass is 539 g/mol. The number of aliphatic imine (C=N–C) groups is 1. The van der Waals surface area contributed by atoms with Gasteiger partial charge in [0.2, 0.25) is 0 Å². The van der Waals surface area contributed by atoms with Crippen LogP contribution in [0.15, 0.2) is 67.6 Å². The summed E-state index contributed by atoms with van der Waals surface area (Å²) < 4.78 is 7.25. The van der Waals surface area contributed by atoms with E-state index in [1.807, 2.05) is 54.8 Å². The van der Waals surface area contributed by atoms with Gasteiger partial charge >= 0.3 is 5.97 Å². The number of rotatable bonds is 4. The average Bonchev–Trinajstić information content (AvgIpc) is 3.16. The summed E-state index contributed by atoms with van der Waals surface area (Å²) in [6.07, 6.45) is 3.89. The van der Waals surface area contributed by atoms with Gasteiger partial charge in [0.05, 0.1) is 28.1 Å². The molecule has 10 heteroatoms. The number of anilines is 1. The number of para-hydroxylation sites is 1. The molecule has 7 nitrogen and oxygen atoms in total. The first-order chi connectivity index (χ1) is 16.0. The van der Waals surface area contributed by atoms with Crippen molar-refractivity contribution in [2.45, 2.75) is 6.92 Å². The van der Waals surface area contributed by atoms with E-state index in [-0.39, 0.29) is 18.0 Å². The standard InChI is InChI=1S/C23H18BrN5O2S2/c1-3-31-23(30)18-19(25)28-29-16-9-8-13(24)10-12(16)11-14(20(29)27-22(18)32-2)21-26-15-6-4-5-7-17(15)33-21/h4-11H,3H2,1-2H3,(H2,25,28). The summed E-state index contributed by atoms with van der Waals surface area (Å²) in [6, 6.07) is 13.9. The molecule has 0 saturated heterocycles. The Balaban J connectivity index is 1.77. The summed E-state index contributed by atoms with van der Waals surface area (Å²) in [5, 5.41) is 7.56. The van der Waals surface area contributed by atoms with Crippen LogP contribution in [0.25, 0.3) is 21.9 Å². The molecule has 0 spiro atoms. The third-order valence-electron chi connectivity index (χ3n) is 5.04. The number of hydrogen-bond donors (Lipinski definition) is 1. The molecule has 0 fully saturated rings. The summed E-state index contributed by atoms with van der Waals surface area (Å²) in [5.74, 6) is 0.0558. The van der Waals surface area contributed by atoms with Crippen molar-refractivity contribution in [2.24, 2.45) is 15.8 Å². The second kappa shape index (κ2) is 8.77. The smallest absolute Gasteiger partial charge is 0.344 e. The van der Waals surface area contributed by atoms with Gasteiger partial charge in [0.1, 0.15) is 15.6 Å². The van der Waals surface area contributed by atoms with Gasteiger partial charge in [-0.2, -0.15) is 0 Å². The number of ether oxygens (including phenoxy) is 1.